The van der Waals surface area contributed by atoms with E-state index in [-0.39, 0.29) is 0 Å². The topological polar surface area (TPSA) is 49.7 Å². The van der Waals surface area contributed by atoms with E-state index in [4.69, 9.17) is 14.3 Å². The zero-order valence-corrected chi connectivity index (χ0v) is 19.7. The Hall–Kier alpha value is 0.530. The Balaban J connectivity index is 3.02. The van der Waals surface area contributed by atoms with E-state index in [0.717, 1.165) is 12.8 Å². The van der Waals surface area contributed by atoms with Gasteiger partial charge in [-0.1, -0.05) is 129 Å². The lowest BCUT2D eigenvalue weighted by Crippen LogP contribution is -1.92. The van der Waals surface area contributed by atoms with Gasteiger partial charge in [0.05, 0.1) is 6.61 Å². The van der Waals surface area contributed by atoms with E-state index < -0.39 is 6.72 Å². The third-order valence-electron chi connectivity index (χ3n) is 5.26. The number of rotatable bonds is 22. The van der Waals surface area contributed by atoms with Crippen molar-refractivity contribution in [2.45, 2.75) is 135 Å². The van der Waals surface area contributed by atoms with Gasteiger partial charge in [0.25, 0.3) is 0 Å². The average molecular weight is 423 g/mol. The minimum absolute atomic E-state index is 0.378. The van der Waals surface area contributed by atoms with Crippen LogP contribution < -0.4 is 0 Å². The molecule has 0 fully saturated rings. The van der Waals surface area contributed by atoms with Crippen molar-refractivity contribution >= 4 is 18.5 Å². The highest BCUT2D eigenvalue weighted by molar-refractivity contribution is 8.06. The van der Waals surface area contributed by atoms with Crippen molar-refractivity contribution in [3.8, 4) is 0 Å². The van der Waals surface area contributed by atoms with Crippen LogP contribution in [0.4, 0.5) is 0 Å². The Kier molecular flexibility index (Phi) is 21.7. The first-order valence-electron chi connectivity index (χ1n) is 11.8. The van der Waals surface area contributed by atoms with E-state index in [1.807, 2.05) is 0 Å². The van der Waals surface area contributed by atoms with Crippen molar-refractivity contribution in [2.24, 2.45) is 0 Å². The van der Waals surface area contributed by atoms with Crippen molar-refractivity contribution < 1.29 is 14.3 Å². The molecule has 0 aromatic rings. The van der Waals surface area contributed by atoms with Crippen LogP contribution in [0.3, 0.4) is 0 Å². The minimum atomic E-state index is -3.43. The van der Waals surface area contributed by atoms with Gasteiger partial charge < -0.3 is 14.3 Å². The van der Waals surface area contributed by atoms with Crippen LogP contribution in [0.1, 0.15) is 135 Å². The average Bonchev–Trinajstić information content (AvgIpc) is 2.62. The molecule has 0 saturated heterocycles. The van der Waals surface area contributed by atoms with E-state index in [2.05, 4.69) is 18.7 Å². The predicted molar refractivity (Wildman–Crippen MR) is 123 cm³/mol. The smallest absolute Gasteiger partial charge is 0.321 e. The summed E-state index contributed by atoms with van der Waals surface area (Å²) in [6.45, 7) is -0.765. The summed E-state index contributed by atoms with van der Waals surface area (Å²) in [7, 11) is 0. The number of unbranched alkanes of at least 4 members (excludes halogenated alkanes) is 19. The number of hydrogen-bond donors (Lipinski definition) is 2. The SMILES string of the molecule is CCCCCCCCCCCCCCCCCCCCCCOP(O)(O)=S. The summed E-state index contributed by atoms with van der Waals surface area (Å²) in [5, 5.41) is 0. The molecular weight excluding hydrogens is 375 g/mol. The van der Waals surface area contributed by atoms with E-state index in [9.17, 15) is 0 Å². The van der Waals surface area contributed by atoms with Gasteiger partial charge in [0.2, 0.25) is 0 Å². The lowest BCUT2D eigenvalue weighted by Gasteiger charge is -2.07. The summed E-state index contributed by atoms with van der Waals surface area (Å²) in [6, 6.07) is 0. The molecule has 0 aliphatic heterocycles. The van der Waals surface area contributed by atoms with Gasteiger partial charge in [-0.2, -0.15) is 0 Å². The van der Waals surface area contributed by atoms with E-state index >= 15 is 0 Å². The van der Waals surface area contributed by atoms with Crippen LogP contribution in [0.25, 0.3) is 0 Å². The van der Waals surface area contributed by atoms with Crippen LogP contribution in [-0.4, -0.2) is 16.4 Å². The van der Waals surface area contributed by atoms with E-state index in [0.29, 0.717) is 6.61 Å². The van der Waals surface area contributed by atoms with E-state index in [1.165, 1.54) is 116 Å². The fraction of sp³-hybridized carbons (Fsp3) is 1.00. The zero-order valence-electron chi connectivity index (χ0n) is 18.0. The quantitative estimate of drug-likeness (QED) is 0.137. The Morgan fingerprint density at radius 3 is 1.04 bits per heavy atom. The minimum Gasteiger partial charge on any atom is -0.325 e. The molecule has 0 spiro atoms. The van der Waals surface area contributed by atoms with Gasteiger partial charge in [-0.3, -0.25) is 0 Å². The van der Waals surface area contributed by atoms with Crippen molar-refractivity contribution in [1.29, 1.82) is 0 Å². The molecule has 0 saturated carbocycles. The largest absolute Gasteiger partial charge is 0.325 e. The fourth-order valence-electron chi connectivity index (χ4n) is 3.54. The zero-order chi connectivity index (χ0) is 20.1. The summed E-state index contributed by atoms with van der Waals surface area (Å²) in [6.07, 6.45) is 27.2. The molecule has 0 unspecified atom stereocenters. The maximum Gasteiger partial charge on any atom is 0.321 e. The molecule has 0 radical (unpaired) electrons. The summed E-state index contributed by atoms with van der Waals surface area (Å²) < 4.78 is 4.80. The highest BCUT2D eigenvalue weighted by atomic mass is 32.5. The van der Waals surface area contributed by atoms with Crippen molar-refractivity contribution in [1.82, 2.24) is 0 Å². The standard InChI is InChI=1S/C22H47O3PS/c1-2-3-4-5-6-7-8-9-10-11-12-13-14-15-16-17-18-19-20-21-22-25-26(23,24)27/h2-22H2,1H3,(H2,23,24,27). The lowest BCUT2D eigenvalue weighted by molar-refractivity contribution is 0.245. The van der Waals surface area contributed by atoms with Gasteiger partial charge >= 0.3 is 6.72 Å². The summed E-state index contributed by atoms with van der Waals surface area (Å²) >= 11 is 4.41. The maximum atomic E-state index is 8.94. The molecule has 164 valence electrons. The highest BCUT2D eigenvalue weighted by Gasteiger charge is 2.06. The van der Waals surface area contributed by atoms with Crippen molar-refractivity contribution in [3.63, 3.8) is 0 Å². The van der Waals surface area contributed by atoms with Crippen molar-refractivity contribution in [3.05, 3.63) is 0 Å². The third kappa shape index (κ3) is 26.5. The first kappa shape index (κ1) is 27.5. The first-order valence-corrected chi connectivity index (χ1v) is 14.4. The molecule has 3 nitrogen and oxygen atoms in total. The van der Waals surface area contributed by atoms with Gasteiger partial charge in [-0.25, -0.2) is 0 Å². The van der Waals surface area contributed by atoms with Crippen molar-refractivity contribution in [2.75, 3.05) is 6.61 Å². The summed E-state index contributed by atoms with van der Waals surface area (Å²) in [5.74, 6) is 0. The monoisotopic (exact) mass is 422 g/mol. The Bertz CT molecular complexity index is 334. The third-order valence-corrected chi connectivity index (χ3v) is 6.09. The van der Waals surface area contributed by atoms with Gasteiger partial charge in [0.15, 0.2) is 0 Å². The molecule has 0 aliphatic carbocycles. The summed E-state index contributed by atoms with van der Waals surface area (Å²) in [5.41, 5.74) is 0. The van der Waals surface area contributed by atoms with Crippen LogP contribution in [0.5, 0.6) is 0 Å². The van der Waals surface area contributed by atoms with Crippen LogP contribution >= 0.6 is 6.72 Å². The molecule has 0 aliphatic rings. The van der Waals surface area contributed by atoms with Crippen LogP contribution in [0, 0.1) is 0 Å². The van der Waals surface area contributed by atoms with Crippen LogP contribution in [0.2, 0.25) is 0 Å². The van der Waals surface area contributed by atoms with Gasteiger partial charge in [0.1, 0.15) is 0 Å². The second-order valence-electron chi connectivity index (χ2n) is 8.04. The molecule has 2 N–H and O–H groups in total. The molecule has 0 heterocycles. The second-order valence-corrected chi connectivity index (χ2v) is 10.7. The maximum absolute atomic E-state index is 8.94. The molecule has 0 aromatic heterocycles. The summed E-state index contributed by atoms with van der Waals surface area (Å²) in [4.78, 5) is 17.9. The second kappa shape index (κ2) is 21.2. The van der Waals surface area contributed by atoms with Gasteiger partial charge in [0, 0.05) is 0 Å². The Morgan fingerprint density at radius 2 is 0.778 bits per heavy atom. The molecular formula is C22H47O3PS. The predicted octanol–water partition coefficient (Wildman–Crippen LogP) is 8.03. The fourth-order valence-corrected chi connectivity index (χ4v) is 4.13. The number of hydrogen-bond acceptors (Lipinski definition) is 2. The highest BCUT2D eigenvalue weighted by Crippen LogP contribution is 2.36. The molecule has 27 heavy (non-hydrogen) atoms. The van der Waals surface area contributed by atoms with Gasteiger partial charge in [-0.05, 0) is 18.2 Å². The lowest BCUT2D eigenvalue weighted by atomic mass is 10.0. The molecule has 0 atom stereocenters. The molecule has 0 amide bonds. The molecule has 0 aromatic carbocycles. The Morgan fingerprint density at radius 1 is 0.519 bits per heavy atom. The van der Waals surface area contributed by atoms with Crippen LogP contribution in [-0.2, 0) is 16.3 Å². The molecule has 0 rings (SSSR count). The van der Waals surface area contributed by atoms with Gasteiger partial charge in [-0.15, -0.1) is 0 Å². The normalized spacial score (nSPS) is 12.0. The molecule has 5 heteroatoms. The molecule has 0 bridgehead atoms. The van der Waals surface area contributed by atoms with E-state index in [1.54, 1.807) is 0 Å². The van der Waals surface area contributed by atoms with Crippen LogP contribution in [0.15, 0.2) is 0 Å². The first-order chi connectivity index (χ1) is 13.1. The Labute approximate surface area is 174 Å².